The van der Waals surface area contributed by atoms with Gasteiger partial charge < -0.3 is 9.84 Å². The lowest BCUT2D eigenvalue weighted by atomic mass is 10.1. The lowest BCUT2D eigenvalue weighted by Gasteiger charge is -2.05. The highest BCUT2D eigenvalue weighted by Gasteiger charge is 2.17. The highest BCUT2D eigenvalue weighted by molar-refractivity contribution is 5.99. The Bertz CT molecular complexity index is 782. The van der Waals surface area contributed by atoms with Gasteiger partial charge in [-0.15, -0.1) is 0 Å². The van der Waals surface area contributed by atoms with Crippen molar-refractivity contribution >= 4 is 5.91 Å². The summed E-state index contributed by atoms with van der Waals surface area (Å²) in [6.45, 7) is 0.448. The Morgan fingerprint density at radius 2 is 1.83 bits per heavy atom. The minimum absolute atomic E-state index is 0.243. The van der Waals surface area contributed by atoms with E-state index in [1.165, 1.54) is 18.3 Å². The number of nitrogens with zero attached hydrogens (tertiary/aromatic N) is 1. The third-order valence-electron chi connectivity index (χ3n) is 3.46. The zero-order valence-corrected chi connectivity index (χ0v) is 12.3. The summed E-state index contributed by atoms with van der Waals surface area (Å²) in [5.74, 6) is -0.0631. The van der Waals surface area contributed by atoms with E-state index in [1.54, 1.807) is 12.1 Å². The fourth-order valence-corrected chi connectivity index (χ4v) is 2.27. The van der Waals surface area contributed by atoms with Gasteiger partial charge in [0.15, 0.2) is 5.76 Å². The molecule has 1 aromatic heterocycles. The molecule has 0 fully saturated rings. The van der Waals surface area contributed by atoms with Crippen LogP contribution >= 0.6 is 0 Å². The van der Waals surface area contributed by atoms with Gasteiger partial charge in [0.25, 0.3) is 5.91 Å². The molecule has 0 saturated carbocycles. The molecule has 116 valence electrons. The average molecular weight is 310 g/mol. The lowest BCUT2D eigenvalue weighted by Crippen LogP contribution is -2.25. The molecule has 0 spiro atoms. The van der Waals surface area contributed by atoms with E-state index >= 15 is 0 Å². The molecule has 1 heterocycles. The monoisotopic (exact) mass is 310 g/mol. The molecule has 0 aliphatic carbocycles. The summed E-state index contributed by atoms with van der Waals surface area (Å²) in [5.41, 5.74) is 2.16. The lowest BCUT2D eigenvalue weighted by molar-refractivity contribution is 0.0954. The van der Waals surface area contributed by atoms with Gasteiger partial charge in [-0.1, -0.05) is 47.6 Å². The number of rotatable bonds is 5. The largest absolute Gasteiger partial charge is 0.355 e. The van der Waals surface area contributed by atoms with Crippen LogP contribution in [0.2, 0.25) is 0 Å². The number of nitrogens with one attached hydrogen (secondary N) is 1. The molecule has 0 saturated heterocycles. The Morgan fingerprint density at radius 1 is 1.09 bits per heavy atom. The van der Waals surface area contributed by atoms with Crippen LogP contribution in [0, 0.1) is 5.82 Å². The molecule has 0 bridgehead atoms. The van der Waals surface area contributed by atoms with Crippen molar-refractivity contribution in [2.75, 3.05) is 6.54 Å². The molecule has 2 aromatic carbocycles. The fraction of sp³-hybridized carbons (Fsp3) is 0.111. The maximum absolute atomic E-state index is 12.8. The van der Waals surface area contributed by atoms with Gasteiger partial charge >= 0.3 is 0 Å². The van der Waals surface area contributed by atoms with Crippen molar-refractivity contribution in [2.24, 2.45) is 0 Å². The molecule has 23 heavy (non-hydrogen) atoms. The SMILES string of the molecule is O=C(NCCc1ccc(F)cc1)c1cnoc1-c1ccccc1. The molecule has 0 aliphatic heterocycles. The van der Waals surface area contributed by atoms with Crippen LogP contribution in [0.1, 0.15) is 15.9 Å². The number of hydrogen-bond acceptors (Lipinski definition) is 3. The van der Waals surface area contributed by atoms with Crippen molar-refractivity contribution < 1.29 is 13.7 Å². The van der Waals surface area contributed by atoms with E-state index < -0.39 is 0 Å². The number of carbonyl (C=O) groups excluding carboxylic acids is 1. The van der Waals surface area contributed by atoms with Crippen molar-refractivity contribution in [3.05, 3.63) is 77.7 Å². The molecule has 3 rings (SSSR count). The van der Waals surface area contributed by atoms with Gasteiger partial charge in [-0.05, 0) is 24.1 Å². The first-order valence-corrected chi connectivity index (χ1v) is 7.27. The zero-order chi connectivity index (χ0) is 16.1. The van der Waals surface area contributed by atoms with Crippen LogP contribution < -0.4 is 5.32 Å². The van der Waals surface area contributed by atoms with Crippen LogP contribution in [-0.2, 0) is 6.42 Å². The molecular weight excluding hydrogens is 295 g/mol. The van der Waals surface area contributed by atoms with E-state index in [0.29, 0.717) is 24.3 Å². The fourth-order valence-electron chi connectivity index (χ4n) is 2.27. The number of aromatic nitrogens is 1. The summed E-state index contributed by atoms with van der Waals surface area (Å²) in [4.78, 5) is 12.3. The van der Waals surface area contributed by atoms with E-state index in [2.05, 4.69) is 10.5 Å². The standard InChI is InChI=1S/C18H15FN2O2/c19-15-8-6-13(7-9-15)10-11-20-18(22)16-12-21-23-17(16)14-4-2-1-3-5-14/h1-9,12H,10-11H2,(H,20,22). The summed E-state index contributed by atoms with van der Waals surface area (Å²) < 4.78 is 18.0. The number of amides is 1. The van der Waals surface area contributed by atoms with Crippen molar-refractivity contribution in [3.63, 3.8) is 0 Å². The summed E-state index contributed by atoms with van der Waals surface area (Å²) in [7, 11) is 0. The Kier molecular flexibility index (Phi) is 4.47. The minimum atomic E-state index is -0.269. The first kappa shape index (κ1) is 15.0. The molecule has 0 atom stereocenters. The van der Waals surface area contributed by atoms with Gasteiger partial charge in [-0.3, -0.25) is 4.79 Å². The third kappa shape index (κ3) is 3.63. The summed E-state index contributed by atoms with van der Waals surface area (Å²) in [5, 5.41) is 6.54. The summed E-state index contributed by atoms with van der Waals surface area (Å²) in [6, 6.07) is 15.6. The van der Waals surface area contributed by atoms with Crippen molar-refractivity contribution in [2.45, 2.75) is 6.42 Å². The minimum Gasteiger partial charge on any atom is -0.355 e. The Hall–Kier alpha value is -2.95. The molecular formula is C18H15FN2O2. The second-order valence-corrected chi connectivity index (χ2v) is 5.07. The molecule has 0 unspecified atom stereocenters. The molecule has 1 amide bonds. The first-order chi connectivity index (χ1) is 11.2. The topological polar surface area (TPSA) is 55.1 Å². The maximum atomic E-state index is 12.8. The van der Waals surface area contributed by atoms with Crippen molar-refractivity contribution in [1.29, 1.82) is 0 Å². The third-order valence-corrected chi connectivity index (χ3v) is 3.46. The highest BCUT2D eigenvalue weighted by atomic mass is 19.1. The van der Waals surface area contributed by atoms with E-state index in [-0.39, 0.29) is 11.7 Å². The Labute approximate surface area is 132 Å². The van der Waals surface area contributed by atoms with Crippen molar-refractivity contribution in [3.8, 4) is 11.3 Å². The van der Waals surface area contributed by atoms with Crippen LogP contribution in [0.15, 0.2) is 65.3 Å². The van der Waals surface area contributed by atoms with Gasteiger partial charge in [-0.2, -0.15) is 0 Å². The zero-order valence-electron chi connectivity index (χ0n) is 12.3. The maximum Gasteiger partial charge on any atom is 0.256 e. The van der Waals surface area contributed by atoms with E-state index in [4.69, 9.17) is 4.52 Å². The van der Waals surface area contributed by atoms with Crippen LogP contribution in [0.25, 0.3) is 11.3 Å². The van der Waals surface area contributed by atoms with Gasteiger partial charge in [0.2, 0.25) is 0 Å². The van der Waals surface area contributed by atoms with Gasteiger partial charge in [0, 0.05) is 12.1 Å². The summed E-state index contributed by atoms with van der Waals surface area (Å²) >= 11 is 0. The normalized spacial score (nSPS) is 10.5. The molecule has 0 aliphatic rings. The quantitative estimate of drug-likeness (QED) is 0.785. The number of benzene rings is 2. The van der Waals surface area contributed by atoms with Gasteiger partial charge in [-0.25, -0.2) is 4.39 Å². The number of halogens is 1. The predicted molar refractivity (Wildman–Crippen MR) is 84.4 cm³/mol. The predicted octanol–water partition coefficient (Wildman–Crippen LogP) is 3.45. The molecule has 3 aromatic rings. The van der Waals surface area contributed by atoms with E-state index in [0.717, 1.165) is 11.1 Å². The molecule has 0 radical (unpaired) electrons. The number of hydrogen-bond donors (Lipinski definition) is 1. The van der Waals surface area contributed by atoms with Crippen LogP contribution in [0.3, 0.4) is 0 Å². The van der Waals surface area contributed by atoms with Crippen LogP contribution in [0.5, 0.6) is 0 Å². The molecule has 4 nitrogen and oxygen atoms in total. The second-order valence-electron chi connectivity index (χ2n) is 5.07. The Morgan fingerprint density at radius 3 is 2.57 bits per heavy atom. The molecule has 5 heteroatoms. The molecule has 1 N–H and O–H groups in total. The van der Waals surface area contributed by atoms with Crippen LogP contribution in [-0.4, -0.2) is 17.6 Å². The number of carbonyl (C=O) groups is 1. The van der Waals surface area contributed by atoms with Gasteiger partial charge in [0.05, 0.1) is 6.20 Å². The van der Waals surface area contributed by atoms with Gasteiger partial charge in [0.1, 0.15) is 11.4 Å². The van der Waals surface area contributed by atoms with Crippen LogP contribution in [0.4, 0.5) is 4.39 Å². The Balaban J connectivity index is 1.63. The average Bonchev–Trinajstić information content (AvgIpc) is 3.07. The van der Waals surface area contributed by atoms with Crippen molar-refractivity contribution in [1.82, 2.24) is 10.5 Å². The summed E-state index contributed by atoms with van der Waals surface area (Å²) in [6.07, 6.45) is 2.04. The smallest absolute Gasteiger partial charge is 0.256 e. The first-order valence-electron chi connectivity index (χ1n) is 7.27. The second kappa shape index (κ2) is 6.87. The van der Waals surface area contributed by atoms with E-state index in [9.17, 15) is 9.18 Å². The van der Waals surface area contributed by atoms with E-state index in [1.807, 2.05) is 30.3 Å². The highest BCUT2D eigenvalue weighted by Crippen LogP contribution is 2.22.